The van der Waals surface area contributed by atoms with Crippen molar-refractivity contribution in [1.29, 1.82) is 0 Å². The molecule has 2 aromatic carbocycles. The van der Waals surface area contributed by atoms with Crippen LogP contribution in [0.4, 0.5) is 0 Å². The van der Waals surface area contributed by atoms with Crippen LogP contribution in [0.25, 0.3) is 11.1 Å². The number of hydrogen-bond donors (Lipinski definition) is 1. The zero-order valence-electron chi connectivity index (χ0n) is 17.3. The molecule has 1 atom stereocenters. The summed E-state index contributed by atoms with van der Waals surface area (Å²) in [4.78, 5) is 16.0. The van der Waals surface area contributed by atoms with E-state index in [1.54, 1.807) is 25.2 Å². The average Bonchev–Trinajstić information content (AvgIpc) is 3.45. The quantitative estimate of drug-likeness (QED) is 0.576. The van der Waals surface area contributed by atoms with E-state index in [9.17, 15) is 4.79 Å². The fourth-order valence-corrected chi connectivity index (χ4v) is 3.86. The van der Waals surface area contributed by atoms with Gasteiger partial charge in [0, 0.05) is 24.0 Å². The van der Waals surface area contributed by atoms with Gasteiger partial charge in [0.05, 0.1) is 32.3 Å². The number of nitrogens with one attached hydrogen (secondary N) is 1. The number of amides is 1. The van der Waals surface area contributed by atoms with Gasteiger partial charge < -0.3 is 19.5 Å². The summed E-state index contributed by atoms with van der Waals surface area (Å²) in [6.45, 7) is 0.883. The monoisotopic (exact) mass is 442 g/mol. The van der Waals surface area contributed by atoms with Crippen LogP contribution in [0.3, 0.4) is 0 Å². The highest BCUT2D eigenvalue weighted by atomic mass is 35.5. The molecular weight excluding hydrogens is 420 g/mol. The predicted octanol–water partition coefficient (Wildman–Crippen LogP) is 3.13. The van der Waals surface area contributed by atoms with E-state index in [0.29, 0.717) is 36.7 Å². The fourth-order valence-electron chi connectivity index (χ4n) is 3.58. The van der Waals surface area contributed by atoms with Crippen LogP contribution in [0.5, 0.6) is 17.2 Å². The van der Waals surface area contributed by atoms with Crippen LogP contribution in [0.1, 0.15) is 12.0 Å². The maximum absolute atomic E-state index is 12.1. The summed E-state index contributed by atoms with van der Waals surface area (Å²) in [6, 6.07) is 9.53. The molecule has 0 fully saturated rings. The van der Waals surface area contributed by atoms with Gasteiger partial charge in [-0.1, -0.05) is 11.6 Å². The molecule has 1 N–H and O–H groups in total. The third-order valence-corrected chi connectivity index (χ3v) is 5.41. The van der Waals surface area contributed by atoms with Gasteiger partial charge in [-0.25, -0.2) is 4.98 Å². The van der Waals surface area contributed by atoms with Gasteiger partial charge in [-0.3, -0.25) is 9.48 Å². The van der Waals surface area contributed by atoms with Crippen LogP contribution in [0, 0.1) is 0 Å². The molecule has 162 valence electrons. The van der Waals surface area contributed by atoms with Gasteiger partial charge in [0.25, 0.3) is 0 Å². The molecule has 0 aliphatic carbocycles. The van der Waals surface area contributed by atoms with Crippen molar-refractivity contribution in [2.45, 2.75) is 25.5 Å². The Kier molecular flexibility index (Phi) is 6.27. The Balaban J connectivity index is 1.42. The van der Waals surface area contributed by atoms with Gasteiger partial charge in [-0.2, -0.15) is 5.10 Å². The summed E-state index contributed by atoms with van der Waals surface area (Å²) in [5, 5.41) is 7.43. The Morgan fingerprint density at radius 2 is 2.16 bits per heavy atom. The third-order valence-electron chi connectivity index (χ3n) is 5.13. The van der Waals surface area contributed by atoms with Crippen molar-refractivity contribution < 1.29 is 19.0 Å². The van der Waals surface area contributed by atoms with Crippen molar-refractivity contribution in [2.24, 2.45) is 0 Å². The Morgan fingerprint density at radius 1 is 1.29 bits per heavy atom. The van der Waals surface area contributed by atoms with Gasteiger partial charge in [-0.15, -0.1) is 0 Å². The van der Waals surface area contributed by atoms with Gasteiger partial charge in [0.2, 0.25) is 5.91 Å². The van der Waals surface area contributed by atoms with Gasteiger partial charge in [-0.05, 0) is 35.9 Å². The normalized spacial score (nSPS) is 14.6. The number of fused-ring (bicyclic) bond motifs is 1. The van der Waals surface area contributed by atoms with Gasteiger partial charge in [0.15, 0.2) is 0 Å². The molecule has 4 rings (SSSR count). The molecule has 0 bridgehead atoms. The van der Waals surface area contributed by atoms with Crippen LogP contribution in [0.15, 0.2) is 43.0 Å². The van der Waals surface area contributed by atoms with Crippen molar-refractivity contribution in [3.8, 4) is 28.4 Å². The molecule has 0 radical (unpaired) electrons. The molecule has 31 heavy (non-hydrogen) atoms. The lowest BCUT2D eigenvalue weighted by Gasteiger charge is -2.13. The average molecular weight is 443 g/mol. The molecule has 0 saturated heterocycles. The number of rotatable bonds is 8. The van der Waals surface area contributed by atoms with Crippen molar-refractivity contribution in [3.63, 3.8) is 0 Å². The van der Waals surface area contributed by atoms with E-state index in [1.165, 1.54) is 6.33 Å². The lowest BCUT2D eigenvalue weighted by molar-refractivity contribution is -0.121. The smallest absolute Gasteiger partial charge is 0.221 e. The Labute approximate surface area is 185 Å². The van der Waals surface area contributed by atoms with E-state index < -0.39 is 0 Å². The number of aromatic nitrogens is 3. The van der Waals surface area contributed by atoms with Gasteiger partial charge in [0.1, 0.15) is 36.0 Å². The largest absolute Gasteiger partial charge is 0.497 e. The van der Waals surface area contributed by atoms with Crippen molar-refractivity contribution >= 4 is 17.5 Å². The number of carbonyl (C=O) groups excluding carboxylic acids is 1. The van der Waals surface area contributed by atoms with Crippen molar-refractivity contribution in [1.82, 2.24) is 20.1 Å². The van der Waals surface area contributed by atoms with E-state index in [1.807, 2.05) is 30.3 Å². The lowest BCUT2D eigenvalue weighted by atomic mass is 9.99. The standard InChI is InChI=1S/C22H23ClN4O4/c1-29-16-3-4-20(30-2)18(10-16)14-7-15-8-17(31-22(15)19(23)9-14)11-25-21(28)5-6-27-13-24-12-26-27/h3-4,7,9-10,12-13,17H,5-6,8,11H2,1-2H3,(H,25,28)/t17-/m1/s1. The predicted molar refractivity (Wildman–Crippen MR) is 116 cm³/mol. The van der Waals surface area contributed by atoms with E-state index in [-0.39, 0.29) is 12.0 Å². The SMILES string of the molecule is COc1ccc(OC)c(-c2cc(Cl)c3c(c2)C[C@H](CNC(=O)CCn2cncn2)O3)c1. The van der Waals surface area contributed by atoms with E-state index in [0.717, 1.165) is 28.2 Å². The summed E-state index contributed by atoms with van der Waals surface area (Å²) in [5.41, 5.74) is 2.80. The first-order valence-corrected chi connectivity index (χ1v) is 10.3. The molecule has 0 spiro atoms. The minimum absolute atomic E-state index is 0.0667. The molecule has 8 nitrogen and oxygen atoms in total. The second kappa shape index (κ2) is 9.26. The number of hydrogen-bond acceptors (Lipinski definition) is 6. The van der Waals surface area contributed by atoms with Crippen molar-refractivity contribution in [3.05, 3.63) is 53.6 Å². The molecule has 1 aliphatic heterocycles. The summed E-state index contributed by atoms with van der Waals surface area (Å²) >= 11 is 6.53. The number of carbonyl (C=O) groups is 1. The Bertz CT molecular complexity index is 1070. The van der Waals surface area contributed by atoms with Gasteiger partial charge >= 0.3 is 0 Å². The van der Waals surface area contributed by atoms with Crippen LogP contribution in [-0.2, 0) is 17.8 Å². The Hall–Kier alpha value is -3.26. The topological polar surface area (TPSA) is 87.5 Å². The first-order valence-electron chi connectivity index (χ1n) is 9.88. The zero-order valence-corrected chi connectivity index (χ0v) is 18.1. The maximum Gasteiger partial charge on any atom is 0.221 e. The Morgan fingerprint density at radius 3 is 2.90 bits per heavy atom. The first kappa shape index (κ1) is 21.0. The number of nitrogens with zero attached hydrogens (tertiary/aromatic N) is 3. The maximum atomic E-state index is 12.1. The second-order valence-electron chi connectivity index (χ2n) is 7.17. The zero-order chi connectivity index (χ0) is 21.8. The molecule has 0 saturated carbocycles. The molecule has 0 unspecified atom stereocenters. The lowest BCUT2D eigenvalue weighted by Crippen LogP contribution is -2.34. The molecule has 1 amide bonds. The highest BCUT2D eigenvalue weighted by molar-refractivity contribution is 6.32. The molecular formula is C22H23ClN4O4. The third kappa shape index (κ3) is 4.74. The summed E-state index contributed by atoms with van der Waals surface area (Å²) < 4.78 is 18.5. The molecule has 1 aromatic heterocycles. The summed E-state index contributed by atoms with van der Waals surface area (Å²) in [5.74, 6) is 2.05. The number of halogens is 1. The number of aryl methyl sites for hydroxylation is 1. The van der Waals surface area contributed by atoms with Crippen LogP contribution >= 0.6 is 11.6 Å². The van der Waals surface area contributed by atoms with E-state index in [4.69, 9.17) is 25.8 Å². The van der Waals surface area contributed by atoms with Crippen LogP contribution in [0.2, 0.25) is 5.02 Å². The minimum Gasteiger partial charge on any atom is -0.497 e. The second-order valence-corrected chi connectivity index (χ2v) is 7.58. The minimum atomic E-state index is -0.176. The summed E-state index contributed by atoms with van der Waals surface area (Å²) in [6.07, 6.45) is 3.83. The van der Waals surface area contributed by atoms with Crippen molar-refractivity contribution in [2.75, 3.05) is 20.8 Å². The number of methoxy groups -OCH3 is 2. The van der Waals surface area contributed by atoms with E-state index in [2.05, 4.69) is 15.4 Å². The molecule has 1 aliphatic rings. The first-order chi connectivity index (χ1) is 15.1. The summed E-state index contributed by atoms with van der Waals surface area (Å²) in [7, 11) is 3.25. The van der Waals surface area contributed by atoms with Crippen LogP contribution < -0.4 is 19.5 Å². The molecule has 2 heterocycles. The number of benzene rings is 2. The van der Waals surface area contributed by atoms with Crippen LogP contribution in [-0.4, -0.2) is 47.5 Å². The highest BCUT2D eigenvalue weighted by Gasteiger charge is 2.27. The molecule has 3 aromatic rings. The molecule has 9 heteroatoms. The highest BCUT2D eigenvalue weighted by Crippen LogP contribution is 2.42. The number of ether oxygens (including phenoxy) is 3. The fraction of sp³-hybridized carbons (Fsp3) is 0.318. The van der Waals surface area contributed by atoms with E-state index >= 15 is 0 Å².